The molecule has 0 bridgehead atoms. The van der Waals surface area contributed by atoms with Gasteiger partial charge in [-0.2, -0.15) is 5.26 Å². The number of nitriles is 1. The first-order valence-corrected chi connectivity index (χ1v) is 9.06. The minimum atomic E-state index is -0.0399. The van der Waals surface area contributed by atoms with Crippen LogP contribution in [0.5, 0.6) is 0 Å². The molecule has 1 aromatic rings. The number of nitrogens with zero attached hydrogens (tertiary/aromatic N) is 2. The lowest BCUT2D eigenvalue weighted by Crippen LogP contribution is -2.47. The molecule has 124 valence electrons. The van der Waals surface area contributed by atoms with E-state index < -0.39 is 0 Å². The molecule has 0 radical (unpaired) electrons. The van der Waals surface area contributed by atoms with Gasteiger partial charge in [-0.3, -0.25) is 9.69 Å². The average molecular weight is 333 g/mol. The molecule has 1 aliphatic heterocycles. The van der Waals surface area contributed by atoms with Crippen LogP contribution >= 0.6 is 11.3 Å². The van der Waals surface area contributed by atoms with Gasteiger partial charge in [0.15, 0.2) is 0 Å². The average Bonchev–Trinajstić information content (AvgIpc) is 2.85. The predicted octanol–water partition coefficient (Wildman–Crippen LogP) is 2.40. The summed E-state index contributed by atoms with van der Waals surface area (Å²) in [6.07, 6.45) is 3.09. The number of thiophene rings is 1. The number of hydrogen-bond donors (Lipinski definition) is 1. The van der Waals surface area contributed by atoms with E-state index in [-0.39, 0.29) is 11.9 Å². The van der Waals surface area contributed by atoms with Crippen LogP contribution < -0.4 is 5.32 Å². The van der Waals surface area contributed by atoms with Gasteiger partial charge in [0.1, 0.15) is 11.1 Å². The van der Waals surface area contributed by atoms with E-state index in [1.54, 1.807) is 11.3 Å². The van der Waals surface area contributed by atoms with E-state index in [0.29, 0.717) is 31.2 Å². The molecule has 1 saturated heterocycles. The maximum atomic E-state index is 12.4. The SMILES string of the molecule is C[C@@H]1CCc2c(sc(NC(=O)CN3CCOC[C@H]3C)c2C#N)C1. The van der Waals surface area contributed by atoms with Gasteiger partial charge in [-0.15, -0.1) is 11.3 Å². The molecule has 3 rings (SSSR count). The van der Waals surface area contributed by atoms with E-state index in [9.17, 15) is 10.1 Å². The van der Waals surface area contributed by atoms with Crippen molar-refractivity contribution in [2.24, 2.45) is 5.92 Å². The van der Waals surface area contributed by atoms with Gasteiger partial charge in [-0.1, -0.05) is 6.92 Å². The third-order valence-electron chi connectivity index (χ3n) is 4.73. The Balaban J connectivity index is 1.70. The number of fused-ring (bicyclic) bond motifs is 1. The number of carbonyl (C=O) groups is 1. The van der Waals surface area contributed by atoms with Crippen molar-refractivity contribution in [3.8, 4) is 6.07 Å². The van der Waals surface area contributed by atoms with Gasteiger partial charge in [0.05, 0.1) is 25.3 Å². The summed E-state index contributed by atoms with van der Waals surface area (Å²) in [7, 11) is 0. The summed E-state index contributed by atoms with van der Waals surface area (Å²) < 4.78 is 5.40. The van der Waals surface area contributed by atoms with E-state index in [4.69, 9.17) is 4.74 Å². The van der Waals surface area contributed by atoms with Crippen molar-refractivity contribution in [3.63, 3.8) is 0 Å². The van der Waals surface area contributed by atoms with E-state index in [2.05, 4.69) is 30.1 Å². The zero-order valence-corrected chi connectivity index (χ0v) is 14.5. The van der Waals surface area contributed by atoms with Gasteiger partial charge < -0.3 is 10.1 Å². The van der Waals surface area contributed by atoms with Gasteiger partial charge in [-0.25, -0.2) is 0 Å². The standard InChI is InChI=1S/C17H23N3O2S/c1-11-3-4-13-14(8-18)17(23-15(13)7-11)19-16(21)9-20-5-6-22-10-12(20)2/h11-12H,3-7,9-10H2,1-2H3,(H,19,21)/t11-,12-/m1/s1. The molecule has 0 saturated carbocycles. The number of rotatable bonds is 3. The van der Waals surface area contributed by atoms with Crippen LogP contribution in [-0.4, -0.2) is 43.2 Å². The first-order valence-electron chi connectivity index (χ1n) is 8.24. The molecular weight excluding hydrogens is 310 g/mol. The molecule has 6 heteroatoms. The third kappa shape index (κ3) is 3.57. The second kappa shape index (κ2) is 7.00. The largest absolute Gasteiger partial charge is 0.379 e. The second-order valence-electron chi connectivity index (χ2n) is 6.61. The summed E-state index contributed by atoms with van der Waals surface area (Å²) in [4.78, 5) is 15.8. The highest BCUT2D eigenvalue weighted by Crippen LogP contribution is 2.39. The van der Waals surface area contributed by atoms with Crippen LogP contribution in [0.3, 0.4) is 0 Å². The van der Waals surface area contributed by atoms with Crippen LogP contribution in [0.25, 0.3) is 0 Å². The molecule has 1 aliphatic carbocycles. The fourth-order valence-electron chi connectivity index (χ4n) is 3.30. The number of carbonyl (C=O) groups excluding carboxylic acids is 1. The number of amides is 1. The van der Waals surface area contributed by atoms with Crippen LogP contribution in [-0.2, 0) is 22.4 Å². The van der Waals surface area contributed by atoms with Gasteiger partial charge in [-0.05, 0) is 37.7 Å². The molecule has 2 atom stereocenters. The zero-order chi connectivity index (χ0) is 16.4. The normalized spacial score (nSPS) is 24.7. The molecule has 0 unspecified atom stereocenters. The number of nitrogens with one attached hydrogen (secondary N) is 1. The minimum absolute atomic E-state index is 0.0399. The Bertz CT molecular complexity index is 635. The Hall–Kier alpha value is -1.42. The molecule has 0 aromatic carbocycles. The molecule has 1 aromatic heterocycles. The molecule has 2 heterocycles. The molecule has 1 N–H and O–H groups in total. The van der Waals surface area contributed by atoms with Crippen molar-refractivity contribution >= 4 is 22.2 Å². The lowest BCUT2D eigenvalue weighted by Gasteiger charge is -2.32. The van der Waals surface area contributed by atoms with E-state index in [1.165, 1.54) is 4.88 Å². The Morgan fingerprint density at radius 3 is 3.09 bits per heavy atom. The number of morpholine rings is 1. The summed E-state index contributed by atoms with van der Waals surface area (Å²) in [5.74, 6) is 0.618. The van der Waals surface area contributed by atoms with Crippen LogP contribution in [0.15, 0.2) is 0 Å². The van der Waals surface area contributed by atoms with Gasteiger partial charge >= 0.3 is 0 Å². The summed E-state index contributed by atoms with van der Waals surface area (Å²) in [6.45, 7) is 6.78. The lowest BCUT2D eigenvalue weighted by molar-refractivity contribution is -0.119. The van der Waals surface area contributed by atoms with Crippen molar-refractivity contribution in [2.75, 3.05) is 31.6 Å². The number of ether oxygens (including phenoxy) is 1. The summed E-state index contributed by atoms with van der Waals surface area (Å²) >= 11 is 1.58. The molecule has 5 nitrogen and oxygen atoms in total. The Labute approximate surface area is 141 Å². The molecule has 1 amide bonds. The highest BCUT2D eigenvalue weighted by molar-refractivity contribution is 7.16. The van der Waals surface area contributed by atoms with Crippen LogP contribution in [0, 0.1) is 17.2 Å². The number of anilines is 1. The van der Waals surface area contributed by atoms with E-state index >= 15 is 0 Å². The van der Waals surface area contributed by atoms with Crippen LogP contribution in [0.1, 0.15) is 36.3 Å². The predicted molar refractivity (Wildman–Crippen MR) is 90.7 cm³/mol. The quantitative estimate of drug-likeness (QED) is 0.922. The first kappa shape index (κ1) is 16.4. The maximum Gasteiger partial charge on any atom is 0.239 e. The van der Waals surface area contributed by atoms with Crippen LogP contribution in [0.4, 0.5) is 5.00 Å². The van der Waals surface area contributed by atoms with Crippen molar-refractivity contribution in [1.29, 1.82) is 5.26 Å². The van der Waals surface area contributed by atoms with Crippen molar-refractivity contribution in [1.82, 2.24) is 4.90 Å². The summed E-state index contributed by atoms with van der Waals surface area (Å²) in [6, 6.07) is 2.55. The Morgan fingerprint density at radius 2 is 2.35 bits per heavy atom. The van der Waals surface area contributed by atoms with Crippen molar-refractivity contribution in [3.05, 3.63) is 16.0 Å². The van der Waals surface area contributed by atoms with Gasteiger partial charge in [0, 0.05) is 17.5 Å². The number of hydrogen-bond acceptors (Lipinski definition) is 5. The second-order valence-corrected chi connectivity index (χ2v) is 7.72. The lowest BCUT2D eigenvalue weighted by atomic mass is 9.89. The smallest absolute Gasteiger partial charge is 0.239 e. The Kier molecular flexibility index (Phi) is 5.00. The highest BCUT2D eigenvalue weighted by atomic mass is 32.1. The van der Waals surface area contributed by atoms with Gasteiger partial charge in [0.2, 0.25) is 5.91 Å². The molecule has 1 fully saturated rings. The first-order chi connectivity index (χ1) is 11.1. The monoisotopic (exact) mass is 333 g/mol. The van der Waals surface area contributed by atoms with Gasteiger partial charge in [0.25, 0.3) is 0 Å². The summed E-state index contributed by atoms with van der Waals surface area (Å²) in [5, 5.41) is 13.2. The summed E-state index contributed by atoms with van der Waals surface area (Å²) in [5.41, 5.74) is 1.84. The molecular formula is C17H23N3O2S. The fourth-order valence-corrected chi connectivity index (χ4v) is 4.68. The van der Waals surface area contributed by atoms with Crippen molar-refractivity contribution < 1.29 is 9.53 Å². The topological polar surface area (TPSA) is 65.4 Å². The molecule has 2 aliphatic rings. The van der Waals surface area contributed by atoms with Crippen molar-refractivity contribution in [2.45, 2.75) is 39.2 Å². The Morgan fingerprint density at radius 1 is 1.52 bits per heavy atom. The fraction of sp³-hybridized carbons (Fsp3) is 0.647. The van der Waals surface area contributed by atoms with Crippen LogP contribution in [0.2, 0.25) is 0 Å². The minimum Gasteiger partial charge on any atom is -0.379 e. The highest BCUT2D eigenvalue weighted by Gasteiger charge is 2.26. The van der Waals surface area contributed by atoms with E-state index in [1.807, 2.05) is 0 Å². The maximum absolute atomic E-state index is 12.4. The molecule has 23 heavy (non-hydrogen) atoms. The third-order valence-corrected chi connectivity index (χ3v) is 5.90. The molecule has 0 spiro atoms. The zero-order valence-electron chi connectivity index (χ0n) is 13.7. The van der Waals surface area contributed by atoms with E-state index in [0.717, 1.165) is 36.4 Å².